The molecule has 2 aliphatic rings. The molecule has 0 radical (unpaired) electrons. The molecule has 0 spiro atoms. The van der Waals surface area contributed by atoms with E-state index in [9.17, 15) is 9.59 Å². The molecule has 2 aromatic carbocycles. The number of benzene rings is 2. The Balaban J connectivity index is 1.37. The van der Waals surface area contributed by atoms with Gasteiger partial charge in [0.1, 0.15) is 0 Å². The van der Waals surface area contributed by atoms with Gasteiger partial charge < -0.3 is 15.5 Å². The van der Waals surface area contributed by atoms with Crippen molar-refractivity contribution in [1.82, 2.24) is 14.9 Å². The number of rotatable bonds is 6. The first-order valence-electron chi connectivity index (χ1n) is 11.0. The monoisotopic (exact) mass is 472 g/mol. The van der Waals surface area contributed by atoms with E-state index < -0.39 is 0 Å². The highest BCUT2D eigenvalue weighted by Crippen LogP contribution is 2.35. The minimum absolute atomic E-state index is 0.0574. The molecule has 1 saturated carbocycles. The van der Waals surface area contributed by atoms with Gasteiger partial charge in [-0.1, -0.05) is 11.6 Å². The maximum Gasteiger partial charge on any atom is 0.254 e. The molecule has 34 heavy (non-hydrogen) atoms. The number of hydrogen-bond donors (Lipinski definition) is 2. The van der Waals surface area contributed by atoms with Crippen molar-refractivity contribution < 1.29 is 9.59 Å². The summed E-state index contributed by atoms with van der Waals surface area (Å²) in [6.07, 6.45) is 4.12. The summed E-state index contributed by atoms with van der Waals surface area (Å²) in [7, 11) is 0. The molecular formula is C25H21ClN6O2. The Morgan fingerprint density at radius 1 is 1.24 bits per heavy atom. The van der Waals surface area contributed by atoms with Crippen LogP contribution in [-0.2, 0) is 11.2 Å². The topological polar surface area (TPSA) is 111 Å². The number of carbonyl (C=O) groups is 2. The number of nitrogens with zero attached hydrogens (tertiary/aromatic N) is 4. The summed E-state index contributed by atoms with van der Waals surface area (Å²) in [6, 6.07) is 14.8. The van der Waals surface area contributed by atoms with Crippen LogP contribution in [0.1, 0.15) is 35.2 Å². The molecule has 2 heterocycles. The first-order chi connectivity index (χ1) is 16.5. The van der Waals surface area contributed by atoms with E-state index >= 15 is 0 Å². The van der Waals surface area contributed by atoms with Crippen LogP contribution in [0.25, 0.3) is 11.3 Å². The van der Waals surface area contributed by atoms with Crippen molar-refractivity contribution in [2.75, 3.05) is 17.2 Å². The Morgan fingerprint density at radius 2 is 2.03 bits per heavy atom. The summed E-state index contributed by atoms with van der Waals surface area (Å²) >= 11 is 6.11. The molecule has 1 aromatic heterocycles. The summed E-state index contributed by atoms with van der Waals surface area (Å²) in [5, 5.41) is 15.4. The van der Waals surface area contributed by atoms with Crippen molar-refractivity contribution in [3.8, 4) is 17.3 Å². The third-order valence-electron chi connectivity index (χ3n) is 5.83. The fourth-order valence-electron chi connectivity index (χ4n) is 4.02. The summed E-state index contributed by atoms with van der Waals surface area (Å²) in [6.45, 7) is 0.451. The van der Waals surface area contributed by atoms with E-state index in [1.807, 2.05) is 6.07 Å². The zero-order valence-corrected chi connectivity index (χ0v) is 19.0. The Kier molecular flexibility index (Phi) is 5.86. The quantitative estimate of drug-likeness (QED) is 0.544. The van der Waals surface area contributed by atoms with Crippen LogP contribution in [0.4, 0.5) is 17.3 Å². The minimum Gasteiger partial charge on any atom is -0.335 e. The van der Waals surface area contributed by atoms with E-state index in [2.05, 4.69) is 26.7 Å². The SMILES string of the molecule is N#CCCN(C(=O)c1ccc(Nc2ncc3c(n2)-c2ccc(Cl)cc2NC(=O)C3)cc1)C1CC1. The number of hydrogen-bond acceptors (Lipinski definition) is 6. The number of aromatic nitrogens is 2. The fourth-order valence-corrected chi connectivity index (χ4v) is 4.19. The standard InChI is InChI=1S/C25H21ClN6O2/c26-17-4-9-20-21(13-17)30-22(33)12-16-14-28-25(31-23(16)20)29-18-5-2-15(3-6-18)24(34)32(11-1-10-27)19-7-8-19/h2-6,9,13-14,19H,1,7-8,11-12H2,(H,30,33)(H,28,29,31). The smallest absolute Gasteiger partial charge is 0.254 e. The highest BCUT2D eigenvalue weighted by Gasteiger charge is 2.32. The van der Waals surface area contributed by atoms with E-state index in [0.29, 0.717) is 40.9 Å². The molecule has 0 bridgehead atoms. The summed E-state index contributed by atoms with van der Waals surface area (Å²) < 4.78 is 0. The molecule has 0 unspecified atom stereocenters. The first kappa shape index (κ1) is 21.9. The zero-order valence-electron chi connectivity index (χ0n) is 18.2. The van der Waals surface area contributed by atoms with Crippen molar-refractivity contribution in [3.05, 3.63) is 64.8 Å². The number of halogens is 1. The lowest BCUT2D eigenvalue weighted by molar-refractivity contribution is -0.115. The number of carbonyl (C=O) groups excluding carboxylic acids is 2. The van der Waals surface area contributed by atoms with Gasteiger partial charge in [0.25, 0.3) is 5.91 Å². The lowest BCUT2D eigenvalue weighted by Gasteiger charge is -2.21. The molecule has 0 atom stereocenters. The largest absolute Gasteiger partial charge is 0.335 e. The fraction of sp³-hybridized carbons (Fsp3) is 0.240. The third kappa shape index (κ3) is 4.56. The predicted molar refractivity (Wildman–Crippen MR) is 129 cm³/mol. The first-order valence-corrected chi connectivity index (χ1v) is 11.4. The average Bonchev–Trinajstić information content (AvgIpc) is 3.67. The number of nitrogens with one attached hydrogen (secondary N) is 2. The van der Waals surface area contributed by atoms with Crippen LogP contribution < -0.4 is 10.6 Å². The van der Waals surface area contributed by atoms with Gasteiger partial charge in [0.2, 0.25) is 11.9 Å². The Bertz CT molecular complexity index is 1310. The number of fused-ring (bicyclic) bond motifs is 3. The number of anilines is 3. The van der Waals surface area contributed by atoms with Crippen molar-refractivity contribution in [2.45, 2.75) is 31.7 Å². The van der Waals surface area contributed by atoms with E-state index in [1.165, 1.54) is 0 Å². The van der Waals surface area contributed by atoms with Crippen LogP contribution in [0.2, 0.25) is 5.02 Å². The van der Waals surface area contributed by atoms with Crippen LogP contribution in [-0.4, -0.2) is 39.3 Å². The van der Waals surface area contributed by atoms with Crippen LogP contribution >= 0.6 is 11.6 Å². The molecule has 2 N–H and O–H groups in total. The van der Waals surface area contributed by atoms with E-state index in [4.69, 9.17) is 16.9 Å². The van der Waals surface area contributed by atoms with Gasteiger partial charge >= 0.3 is 0 Å². The molecule has 2 amide bonds. The van der Waals surface area contributed by atoms with Gasteiger partial charge in [0, 0.05) is 46.2 Å². The van der Waals surface area contributed by atoms with Gasteiger partial charge in [-0.25, -0.2) is 9.97 Å². The molecule has 3 aromatic rings. The highest BCUT2D eigenvalue weighted by atomic mass is 35.5. The molecular weight excluding hydrogens is 452 g/mol. The van der Waals surface area contributed by atoms with Gasteiger partial charge in [-0.05, 0) is 55.3 Å². The third-order valence-corrected chi connectivity index (χ3v) is 6.06. The molecule has 1 aliphatic carbocycles. The molecule has 170 valence electrons. The second-order valence-electron chi connectivity index (χ2n) is 8.32. The van der Waals surface area contributed by atoms with Crippen LogP contribution in [0.15, 0.2) is 48.7 Å². The van der Waals surface area contributed by atoms with Gasteiger partial charge in [0.05, 0.1) is 30.3 Å². The molecule has 0 saturated heterocycles. The molecule has 1 aliphatic heterocycles. The van der Waals surface area contributed by atoms with Crippen molar-refractivity contribution in [3.63, 3.8) is 0 Å². The summed E-state index contributed by atoms with van der Waals surface area (Å²) in [4.78, 5) is 36.0. The summed E-state index contributed by atoms with van der Waals surface area (Å²) in [5.41, 5.74) is 4.07. The Labute approximate surface area is 201 Å². The van der Waals surface area contributed by atoms with Gasteiger partial charge in [-0.15, -0.1) is 0 Å². The zero-order chi connectivity index (χ0) is 23.7. The van der Waals surface area contributed by atoms with E-state index in [1.54, 1.807) is 47.5 Å². The van der Waals surface area contributed by atoms with Gasteiger partial charge in [-0.2, -0.15) is 5.26 Å². The van der Waals surface area contributed by atoms with Gasteiger partial charge in [0.15, 0.2) is 0 Å². The summed E-state index contributed by atoms with van der Waals surface area (Å²) in [5.74, 6) is 0.168. The van der Waals surface area contributed by atoms with Crippen LogP contribution in [0.5, 0.6) is 0 Å². The highest BCUT2D eigenvalue weighted by molar-refractivity contribution is 6.31. The molecule has 1 fully saturated rings. The lowest BCUT2D eigenvalue weighted by Crippen LogP contribution is -2.33. The molecule has 5 rings (SSSR count). The maximum atomic E-state index is 12.9. The van der Waals surface area contributed by atoms with E-state index in [-0.39, 0.29) is 24.3 Å². The minimum atomic E-state index is -0.151. The van der Waals surface area contributed by atoms with E-state index in [0.717, 1.165) is 29.7 Å². The molecule has 9 heteroatoms. The van der Waals surface area contributed by atoms with Crippen LogP contribution in [0, 0.1) is 11.3 Å². The van der Waals surface area contributed by atoms with Crippen LogP contribution in [0.3, 0.4) is 0 Å². The average molecular weight is 473 g/mol. The van der Waals surface area contributed by atoms with Crippen molar-refractivity contribution in [2.24, 2.45) is 0 Å². The number of nitriles is 1. The van der Waals surface area contributed by atoms with Crippen molar-refractivity contribution in [1.29, 1.82) is 5.26 Å². The molecule has 8 nitrogen and oxygen atoms in total. The van der Waals surface area contributed by atoms with Gasteiger partial charge in [-0.3, -0.25) is 9.59 Å². The Hall–Kier alpha value is -3.96. The number of amides is 2. The normalized spacial score (nSPS) is 14.2. The van der Waals surface area contributed by atoms with Crippen molar-refractivity contribution >= 4 is 40.7 Å². The maximum absolute atomic E-state index is 12.9. The Morgan fingerprint density at radius 3 is 2.76 bits per heavy atom. The lowest BCUT2D eigenvalue weighted by atomic mass is 10.1. The second-order valence-corrected chi connectivity index (χ2v) is 8.76. The predicted octanol–water partition coefficient (Wildman–Crippen LogP) is 4.55. The second kappa shape index (κ2) is 9.12.